The molecule has 0 fully saturated rings. The lowest BCUT2D eigenvalue weighted by atomic mass is 9.90. The highest BCUT2D eigenvalue weighted by atomic mass is 16.5. The fourth-order valence-corrected chi connectivity index (χ4v) is 4.63. The van der Waals surface area contributed by atoms with E-state index in [0.717, 1.165) is 24.9 Å². The zero-order chi connectivity index (χ0) is 23.6. The summed E-state index contributed by atoms with van der Waals surface area (Å²) in [6.07, 6.45) is 1.98. The molecule has 8 heteroatoms. The minimum absolute atomic E-state index is 0.0137. The molecular weight excluding hydrogens is 408 g/mol. The van der Waals surface area contributed by atoms with Crippen LogP contribution >= 0.6 is 0 Å². The molecular formula is C24H36N4O4. The van der Waals surface area contributed by atoms with E-state index in [1.54, 1.807) is 31.7 Å². The van der Waals surface area contributed by atoms with Crippen LogP contribution in [0.4, 0.5) is 5.69 Å². The minimum atomic E-state index is -1.02. The summed E-state index contributed by atoms with van der Waals surface area (Å²) in [5.74, 6) is 0.336. The Balaban J connectivity index is 1.98. The molecule has 2 N–H and O–H groups in total. The van der Waals surface area contributed by atoms with Gasteiger partial charge in [0, 0.05) is 43.7 Å². The molecule has 3 rings (SSSR count). The molecule has 32 heavy (non-hydrogen) atoms. The average molecular weight is 445 g/mol. The highest BCUT2D eigenvalue weighted by Crippen LogP contribution is 2.41. The van der Waals surface area contributed by atoms with Crippen LogP contribution in [0.5, 0.6) is 5.75 Å². The predicted molar refractivity (Wildman–Crippen MR) is 124 cm³/mol. The summed E-state index contributed by atoms with van der Waals surface area (Å²) in [6, 6.07) is 3.89. The van der Waals surface area contributed by atoms with Crippen LogP contribution in [0.1, 0.15) is 63.4 Å². The Labute approximate surface area is 190 Å². The first-order chi connectivity index (χ1) is 15.1. The Kier molecular flexibility index (Phi) is 7.12. The molecule has 0 spiro atoms. The van der Waals surface area contributed by atoms with Gasteiger partial charge in [0.05, 0.1) is 5.69 Å². The third-order valence-corrected chi connectivity index (χ3v) is 6.34. The minimum Gasteiger partial charge on any atom is -0.476 e. The van der Waals surface area contributed by atoms with Crippen molar-refractivity contribution in [1.82, 2.24) is 15.5 Å². The number of nitrogens with one attached hydrogen (secondary N) is 2. The number of anilines is 1. The van der Waals surface area contributed by atoms with Crippen LogP contribution in [0.3, 0.4) is 0 Å². The molecule has 0 saturated heterocycles. The number of hydrogen-bond donors (Lipinski definition) is 2. The highest BCUT2D eigenvalue weighted by molar-refractivity contribution is 6.05. The summed E-state index contributed by atoms with van der Waals surface area (Å²) in [5, 5.41) is 6.01. The Bertz CT molecular complexity index is 898. The van der Waals surface area contributed by atoms with Gasteiger partial charge in [-0.2, -0.15) is 0 Å². The number of carbonyl (C=O) groups is 3. The maximum Gasteiger partial charge on any atom is 0.270 e. The fourth-order valence-electron chi connectivity index (χ4n) is 4.63. The van der Waals surface area contributed by atoms with Gasteiger partial charge in [0.1, 0.15) is 5.75 Å². The topological polar surface area (TPSA) is 91.0 Å². The van der Waals surface area contributed by atoms with Crippen molar-refractivity contribution in [3.8, 4) is 5.75 Å². The van der Waals surface area contributed by atoms with Crippen molar-refractivity contribution in [3.05, 3.63) is 23.3 Å². The summed E-state index contributed by atoms with van der Waals surface area (Å²) >= 11 is 0. The van der Waals surface area contributed by atoms with Gasteiger partial charge in [0.15, 0.2) is 5.60 Å². The van der Waals surface area contributed by atoms with E-state index >= 15 is 0 Å². The van der Waals surface area contributed by atoms with E-state index in [4.69, 9.17) is 4.74 Å². The molecule has 2 aliphatic rings. The number of rotatable bonds is 8. The van der Waals surface area contributed by atoms with Gasteiger partial charge in [-0.15, -0.1) is 0 Å². The Hall–Kier alpha value is -2.61. The lowest BCUT2D eigenvalue weighted by Gasteiger charge is -2.43. The molecule has 2 unspecified atom stereocenters. The zero-order valence-electron chi connectivity index (χ0n) is 20.1. The first kappa shape index (κ1) is 24.0. The van der Waals surface area contributed by atoms with Gasteiger partial charge in [-0.25, -0.2) is 0 Å². The summed E-state index contributed by atoms with van der Waals surface area (Å²) < 4.78 is 6.07. The molecule has 2 aliphatic heterocycles. The Morgan fingerprint density at radius 2 is 2.00 bits per heavy atom. The number of carbonyl (C=O) groups excluding carboxylic acids is 3. The third kappa shape index (κ3) is 4.46. The number of amides is 3. The van der Waals surface area contributed by atoms with Crippen LogP contribution in [-0.4, -0.2) is 67.0 Å². The number of benzene rings is 1. The molecule has 3 amide bonds. The first-order valence-electron chi connectivity index (χ1n) is 11.6. The second-order valence-electron chi connectivity index (χ2n) is 9.14. The van der Waals surface area contributed by atoms with Crippen LogP contribution in [0, 0.1) is 0 Å². The van der Waals surface area contributed by atoms with Crippen molar-refractivity contribution in [2.24, 2.45) is 0 Å². The molecule has 2 heterocycles. The molecule has 0 saturated carbocycles. The van der Waals surface area contributed by atoms with Crippen molar-refractivity contribution in [2.45, 2.75) is 71.6 Å². The zero-order valence-corrected chi connectivity index (χ0v) is 20.1. The van der Waals surface area contributed by atoms with E-state index in [9.17, 15) is 14.4 Å². The van der Waals surface area contributed by atoms with Gasteiger partial charge in [-0.3, -0.25) is 14.4 Å². The van der Waals surface area contributed by atoms with E-state index < -0.39 is 5.60 Å². The van der Waals surface area contributed by atoms with Crippen LogP contribution in [-0.2, 0) is 16.0 Å². The van der Waals surface area contributed by atoms with Crippen LogP contribution < -0.4 is 20.3 Å². The molecule has 1 aromatic carbocycles. The van der Waals surface area contributed by atoms with E-state index in [1.165, 1.54) is 0 Å². The van der Waals surface area contributed by atoms with Gasteiger partial charge in [-0.05, 0) is 58.4 Å². The fraction of sp³-hybridized carbons (Fsp3) is 0.625. The highest BCUT2D eigenvalue weighted by Gasteiger charge is 2.43. The summed E-state index contributed by atoms with van der Waals surface area (Å²) in [7, 11) is 1.89. The van der Waals surface area contributed by atoms with Crippen LogP contribution in [0.15, 0.2) is 12.1 Å². The normalized spacial score (nSPS) is 20.4. The molecule has 176 valence electrons. The standard InChI is InChI=1S/C24H36N4O4/c1-7-17(14-25-6)28-15(3)11-16-12-20-19(13-18(16)22(28)30)27(10-9-26-21(29)8-2)23(31)24(4,5)32-20/h12-13,15,17,25H,7-11,14H2,1-6H3,(H,26,29). The molecule has 2 atom stereocenters. The number of fused-ring (bicyclic) bond motifs is 2. The van der Waals surface area contributed by atoms with Gasteiger partial charge < -0.3 is 25.2 Å². The largest absolute Gasteiger partial charge is 0.476 e. The maximum atomic E-state index is 13.5. The van der Waals surface area contributed by atoms with Gasteiger partial charge in [0.25, 0.3) is 11.8 Å². The van der Waals surface area contributed by atoms with Crippen molar-refractivity contribution in [3.63, 3.8) is 0 Å². The molecule has 0 bridgehead atoms. The van der Waals surface area contributed by atoms with E-state index in [1.807, 2.05) is 18.0 Å². The lowest BCUT2D eigenvalue weighted by Crippen LogP contribution is -2.55. The summed E-state index contributed by atoms with van der Waals surface area (Å²) in [4.78, 5) is 41.9. The van der Waals surface area contributed by atoms with Gasteiger partial charge >= 0.3 is 0 Å². The second kappa shape index (κ2) is 9.48. The number of hydrogen-bond acceptors (Lipinski definition) is 5. The molecule has 1 aromatic rings. The third-order valence-electron chi connectivity index (χ3n) is 6.34. The van der Waals surface area contributed by atoms with Crippen molar-refractivity contribution >= 4 is 23.4 Å². The summed E-state index contributed by atoms with van der Waals surface area (Å²) in [5.41, 5.74) is 1.13. The van der Waals surface area contributed by atoms with E-state index in [-0.39, 0.29) is 29.8 Å². The van der Waals surface area contributed by atoms with Crippen molar-refractivity contribution < 1.29 is 19.1 Å². The summed E-state index contributed by atoms with van der Waals surface area (Å²) in [6.45, 7) is 10.8. The SMILES string of the molecule is CCC(=O)NCCN1C(=O)C(C)(C)Oc2cc3c(cc21)C(=O)N(C(CC)CNC)C(C)C3. The Morgan fingerprint density at radius 3 is 2.62 bits per heavy atom. The van der Waals surface area contributed by atoms with Gasteiger partial charge in [0.2, 0.25) is 5.91 Å². The number of nitrogens with zero attached hydrogens (tertiary/aromatic N) is 2. The number of likely N-dealkylation sites (N-methyl/N-ethyl adjacent to an activating group) is 1. The van der Waals surface area contributed by atoms with Crippen molar-refractivity contribution in [2.75, 3.05) is 31.6 Å². The van der Waals surface area contributed by atoms with Crippen molar-refractivity contribution in [1.29, 1.82) is 0 Å². The number of ether oxygens (including phenoxy) is 1. The second-order valence-corrected chi connectivity index (χ2v) is 9.14. The monoisotopic (exact) mass is 444 g/mol. The smallest absolute Gasteiger partial charge is 0.270 e. The predicted octanol–water partition coefficient (Wildman–Crippen LogP) is 2.10. The van der Waals surface area contributed by atoms with E-state index in [0.29, 0.717) is 36.5 Å². The van der Waals surface area contributed by atoms with Crippen LogP contribution in [0.25, 0.3) is 0 Å². The molecule has 0 aromatic heterocycles. The van der Waals surface area contributed by atoms with E-state index in [2.05, 4.69) is 24.5 Å². The van der Waals surface area contributed by atoms with Crippen LogP contribution in [0.2, 0.25) is 0 Å². The molecule has 8 nitrogen and oxygen atoms in total. The average Bonchev–Trinajstić information content (AvgIpc) is 2.74. The molecule has 0 radical (unpaired) electrons. The first-order valence-corrected chi connectivity index (χ1v) is 11.6. The van der Waals surface area contributed by atoms with Gasteiger partial charge in [-0.1, -0.05) is 13.8 Å². The molecule has 0 aliphatic carbocycles. The maximum absolute atomic E-state index is 13.5. The lowest BCUT2D eigenvalue weighted by molar-refractivity contribution is -0.132. The quantitative estimate of drug-likeness (QED) is 0.641. The Morgan fingerprint density at radius 1 is 1.28 bits per heavy atom.